The number of aliphatic carboxylic acids is 1. The highest BCUT2D eigenvalue weighted by Gasteiger charge is 2.39. The van der Waals surface area contributed by atoms with E-state index in [4.69, 9.17) is 4.74 Å². The summed E-state index contributed by atoms with van der Waals surface area (Å²) in [5, 5.41) is 24.2. The number of alkyl carbamates (subject to hydrolysis) is 1. The Balaban J connectivity index is 1.43. The summed E-state index contributed by atoms with van der Waals surface area (Å²) in [5.74, 6) is -2.48. The molecule has 0 saturated heterocycles. The van der Waals surface area contributed by atoms with Crippen LogP contribution in [0.2, 0.25) is 0 Å². The first-order chi connectivity index (χ1) is 16.8. The fraction of sp³-hybridized carbons (Fsp3) is 0.444. The number of carboxylic acids is 1. The van der Waals surface area contributed by atoms with Crippen LogP contribution in [-0.4, -0.2) is 53.0 Å². The van der Waals surface area contributed by atoms with Crippen molar-refractivity contribution < 1.29 is 29.3 Å². The van der Waals surface area contributed by atoms with Crippen molar-refractivity contribution in [1.82, 2.24) is 10.6 Å². The number of amides is 2. The van der Waals surface area contributed by atoms with E-state index >= 15 is 0 Å². The molecule has 2 amide bonds. The molecule has 0 aromatic heterocycles. The van der Waals surface area contributed by atoms with Gasteiger partial charge in [-0.05, 0) is 42.0 Å². The molecule has 2 aliphatic carbocycles. The van der Waals surface area contributed by atoms with Crippen LogP contribution in [0.5, 0.6) is 0 Å². The van der Waals surface area contributed by atoms with Gasteiger partial charge in [-0.1, -0.05) is 67.8 Å². The number of carbonyl (C=O) groups excluding carboxylic acids is 2. The monoisotopic (exact) mass is 480 g/mol. The Bertz CT molecular complexity index is 1060. The summed E-state index contributed by atoms with van der Waals surface area (Å²) < 4.78 is 5.66. The SMILES string of the molecule is CC(CO)(NC(=O)[C@@H]1CCCCC[C@@H]1NC(=O)OCC1c2ccccc2-c2ccccc21)C(=O)O. The molecule has 1 saturated carbocycles. The predicted molar refractivity (Wildman–Crippen MR) is 130 cm³/mol. The smallest absolute Gasteiger partial charge is 0.407 e. The van der Waals surface area contributed by atoms with Crippen molar-refractivity contribution >= 4 is 18.0 Å². The van der Waals surface area contributed by atoms with Crippen molar-refractivity contribution in [2.45, 2.75) is 56.5 Å². The number of fused-ring (bicyclic) bond motifs is 3. The first kappa shape index (κ1) is 24.7. The second kappa shape index (κ2) is 10.5. The van der Waals surface area contributed by atoms with Crippen LogP contribution >= 0.6 is 0 Å². The van der Waals surface area contributed by atoms with E-state index in [0.29, 0.717) is 12.8 Å². The van der Waals surface area contributed by atoms with Gasteiger partial charge in [-0.3, -0.25) is 4.79 Å². The molecule has 8 nitrogen and oxygen atoms in total. The van der Waals surface area contributed by atoms with Crippen LogP contribution < -0.4 is 10.6 Å². The number of hydrogen-bond donors (Lipinski definition) is 4. The van der Waals surface area contributed by atoms with E-state index in [1.807, 2.05) is 36.4 Å². The molecule has 0 heterocycles. The number of ether oxygens (including phenoxy) is 1. The lowest BCUT2D eigenvalue weighted by atomic mass is 9.92. The molecule has 2 aromatic rings. The Morgan fingerprint density at radius 3 is 2.17 bits per heavy atom. The minimum Gasteiger partial charge on any atom is -0.479 e. The van der Waals surface area contributed by atoms with Gasteiger partial charge >= 0.3 is 12.1 Å². The van der Waals surface area contributed by atoms with Crippen LogP contribution in [-0.2, 0) is 14.3 Å². The second-order valence-corrected chi connectivity index (χ2v) is 9.61. The molecule has 4 rings (SSSR count). The third kappa shape index (κ3) is 5.17. The third-order valence-corrected chi connectivity index (χ3v) is 7.19. The van der Waals surface area contributed by atoms with E-state index in [0.717, 1.165) is 41.5 Å². The molecule has 4 N–H and O–H groups in total. The topological polar surface area (TPSA) is 125 Å². The highest BCUT2D eigenvalue weighted by atomic mass is 16.5. The van der Waals surface area contributed by atoms with Gasteiger partial charge in [0.1, 0.15) is 6.61 Å². The van der Waals surface area contributed by atoms with Crippen LogP contribution in [0.15, 0.2) is 48.5 Å². The first-order valence-corrected chi connectivity index (χ1v) is 12.1. The standard InChI is InChI=1S/C27H32N2O6/c1-27(16-30,25(32)33)29-24(31)21-13-3-2-4-14-23(21)28-26(34)35-15-22-19-11-7-5-9-17(19)18-10-6-8-12-20(18)22/h5-12,21-23,30H,2-4,13-16H2,1H3,(H,28,34)(H,29,31)(H,32,33)/t21-,23+,27?/m1/s1. The average Bonchev–Trinajstić information content (AvgIpc) is 2.98. The molecule has 3 atom stereocenters. The fourth-order valence-corrected chi connectivity index (χ4v) is 5.11. The zero-order valence-electron chi connectivity index (χ0n) is 19.8. The molecule has 8 heteroatoms. The average molecular weight is 481 g/mol. The number of hydrogen-bond acceptors (Lipinski definition) is 5. The van der Waals surface area contributed by atoms with Crippen LogP contribution in [0.4, 0.5) is 4.79 Å². The van der Waals surface area contributed by atoms with Crippen molar-refractivity contribution in [3.63, 3.8) is 0 Å². The molecule has 35 heavy (non-hydrogen) atoms. The lowest BCUT2D eigenvalue weighted by molar-refractivity contribution is -0.149. The van der Waals surface area contributed by atoms with Crippen LogP contribution in [0.3, 0.4) is 0 Å². The Labute approximate surface area is 204 Å². The van der Waals surface area contributed by atoms with E-state index < -0.39 is 42.1 Å². The van der Waals surface area contributed by atoms with Gasteiger partial charge in [-0.15, -0.1) is 0 Å². The largest absolute Gasteiger partial charge is 0.479 e. The molecule has 1 unspecified atom stereocenters. The zero-order chi connectivity index (χ0) is 25.0. The quantitative estimate of drug-likeness (QED) is 0.450. The zero-order valence-corrected chi connectivity index (χ0v) is 19.8. The summed E-state index contributed by atoms with van der Waals surface area (Å²) in [6.45, 7) is 0.703. The molecule has 1 fully saturated rings. The molecule has 186 valence electrons. The number of benzene rings is 2. The summed E-state index contributed by atoms with van der Waals surface area (Å²) in [4.78, 5) is 37.3. The van der Waals surface area contributed by atoms with Crippen molar-refractivity contribution in [3.05, 3.63) is 59.7 Å². The molecular formula is C27H32N2O6. The Kier molecular flexibility index (Phi) is 7.40. The summed E-state index contributed by atoms with van der Waals surface area (Å²) in [5.41, 5.74) is 2.74. The molecule has 0 radical (unpaired) electrons. The first-order valence-electron chi connectivity index (χ1n) is 12.1. The molecule has 2 aliphatic rings. The van der Waals surface area contributed by atoms with Crippen molar-refractivity contribution in [1.29, 1.82) is 0 Å². The van der Waals surface area contributed by atoms with Gasteiger partial charge in [0.15, 0.2) is 5.54 Å². The van der Waals surface area contributed by atoms with Gasteiger partial charge < -0.3 is 25.6 Å². The minimum atomic E-state index is -1.78. The number of nitrogens with one attached hydrogen (secondary N) is 2. The summed E-state index contributed by atoms with van der Waals surface area (Å²) in [6, 6.07) is 15.7. The molecule has 2 aromatic carbocycles. The van der Waals surface area contributed by atoms with E-state index in [9.17, 15) is 24.6 Å². The number of carboxylic acid groups (broad SMARTS) is 1. The van der Waals surface area contributed by atoms with Crippen molar-refractivity contribution in [2.24, 2.45) is 5.92 Å². The van der Waals surface area contributed by atoms with E-state index in [-0.39, 0.29) is 12.5 Å². The molecular weight excluding hydrogens is 448 g/mol. The fourth-order valence-electron chi connectivity index (χ4n) is 5.11. The number of rotatable bonds is 7. The summed E-state index contributed by atoms with van der Waals surface area (Å²) >= 11 is 0. The molecule has 0 aliphatic heterocycles. The Morgan fingerprint density at radius 2 is 1.57 bits per heavy atom. The predicted octanol–water partition coefficient (Wildman–Crippen LogP) is 3.43. The number of carbonyl (C=O) groups is 3. The second-order valence-electron chi connectivity index (χ2n) is 9.61. The molecule has 0 spiro atoms. The maximum atomic E-state index is 13.0. The van der Waals surface area contributed by atoms with Gasteiger partial charge in [0.05, 0.1) is 12.5 Å². The number of aliphatic hydroxyl groups is 1. The number of aliphatic hydroxyl groups excluding tert-OH is 1. The van der Waals surface area contributed by atoms with Crippen LogP contribution in [0, 0.1) is 5.92 Å². The van der Waals surface area contributed by atoms with Gasteiger partial charge in [-0.25, -0.2) is 9.59 Å². The van der Waals surface area contributed by atoms with Crippen LogP contribution in [0.1, 0.15) is 56.1 Å². The van der Waals surface area contributed by atoms with Gasteiger partial charge in [0, 0.05) is 12.0 Å². The summed E-state index contributed by atoms with van der Waals surface area (Å²) in [6.07, 6.45) is 3.06. The summed E-state index contributed by atoms with van der Waals surface area (Å²) in [7, 11) is 0. The van der Waals surface area contributed by atoms with E-state index in [1.54, 1.807) is 0 Å². The normalized spacial score (nSPS) is 21.1. The van der Waals surface area contributed by atoms with Crippen molar-refractivity contribution in [3.8, 4) is 11.1 Å². The lowest BCUT2D eigenvalue weighted by Gasteiger charge is -2.30. The van der Waals surface area contributed by atoms with E-state index in [2.05, 4.69) is 22.8 Å². The molecule has 0 bridgehead atoms. The maximum Gasteiger partial charge on any atom is 0.407 e. The van der Waals surface area contributed by atoms with Crippen LogP contribution in [0.25, 0.3) is 11.1 Å². The minimum absolute atomic E-state index is 0.0674. The van der Waals surface area contributed by atoms with Gasteiger partial charge in [0.2, 0.25) is 5.91 Å². The Hall–Kier alpha value is -3.39. The van der Waals surface area contributed by atoms with E-state index in [1.165, 1.54) is 6.92 Å². The maximum absolute atomic E-state index is 13.0. The highest BCUT2D eigenvalue weighted by Crippen LogP contribution is 2.44. The van der Waals surface area contributed by atoms with Gasteiger partial charge in [-0.2, -0.15) is 0 Å². The lowest BCUT2D eigenvalue weighted by Crippen LogP contribution is -2.58. The van der Waals surface area contributed by atoms with Crippen molar-refractivity contribution in [2.75, 3.05) is 13.2 Å². The third-order valence-electron chi connectivity index (χ3n) is 7.19. The highest BCUT2D eigenvalue weighted by molar-refractivity contribution is 5.88. The van der Waals surface area contributed by atoms with Gasteiger partial charge in [0.25, 0.3) is 0 Å². The Morgan fingerprint density at radius 1 is 0.971 bits per heavy atom.